The van der Waals surface area contributed by atoms with Crippen LogP contribution in [0, 0.1) is 18.6 Å². The van der Waals surface area contributed by atoms with Crippen LogP contribution in [0.2, 0.25) is 0 Å². The SMILES string of the molecule is Cc1nc2ccccc2n1CCNC(=O)CNC(=O)c1ccc(F)c(F)c1. The van der Waals surface area contributed by atoms with Crippen LogP contribution in [0.15, 0.2) is 42.5 Å². The first-order valence-corrected chi connectivity index (χ1v) is 8.37. The van der Waals surface area contributed by atoms with Crippen molar-refractivity contribution in [3.8, 4) is 0 Å². The van der Waals surface area contributed by atoms with Crippen molar-refractivity contribution in [3.05, 3.63) is 65.5 Å². The van der Waals surface area contributed by atoms with E-state index in [9.17, 15) is 18.4 Å². The Balaban J connectivity index is 1.49. The molecule has 8 heteroatoms. The number of nitrogens with zero attached hydrogens (tertiary/aromatic N) is 2. The summed E-state index contributed by atoms with van der Waals surface area (Å²) in [7, 11) is 0. The summed E-state index contributed by atoms with van der Waals surface area (Å²) < 4.78 is 28.0. The van der Waals surface area contributed by atoms with Gasteiger partial charge in [-0.05, 0) is 37.3 Å². The van der Waals surface area contributed by atoms with Crippen molar-refractivity contribution in [1.82, 2.24) is 20.2 Å². The first-order chi connectivity index (χ1) is 13.0. The number of carbonyl (C=O) groups excluding carboxylic acids is 2. The van der Waals surface area contributed by atoms with E-state index in [1.54, 1.807) is 0 Å². The number of carbonyl (C=O) groups is 2. The number of para-hydroxylation sites is 2. The van der Waals surface area contributed by atoms with Gasteiger partial charge < -0.3 is 15.2 Å². The molecule has 140 valence electrons. The number of hydrogen-bond donors (Lipinski definition) is 2. The Labute approximate surface area is 154 Å². The molecule has 27 heavy (non-hydrogen) atoms. The van der Waals surface area contributed by atoms with Crippen LogP contribution in [0.5, 0.6) is 0 Å². The van der Waals surface area contributed by atoms with Crippen LogP contribution in [-0.4, -0.2) is 34.5 Å². The van der Waals surface area contributed by atoms with E-state index in [0.29, 0.717) is 13.1 Å². The molecular formula is C19H18F2N4O2. The zero-order chi connectivity index (χ0) is 19.4. The zero-order valence-corrected chi connectivity index (χ0v) is 14.6. The fraction of sp³-hybridized carbons (Fsp3) is 0.211. The number of aryl methyl sites for hydroxylation is 1. The van der Waals surface area contributed by atoms with E-state index in [2.05, 4.69) is 15.6 Å². The monoisotopic (exact) mass is 372 g/mol. The maximum atomic E-state index is 13.1. The van der Waals surface area contributed by atoms with E-state index in [-0.39, 0.29) is 18.0 Å². The lowest BCUT2D eigenvalue weighted by molar-refractivity contribution is -0.120. The third kappa shape index (κ3) is 4.28. The lowest BCUT2D eigenvalue weighted by atomic mass is 10.2. The number of halogens is 2. The van der Waals surface area contributed by atoms with Crippen molar-refractivity contribution in [3.63, 3.8) is 0 Å². The molecule has 2 aromatic carbocycles. The predicted octanol–water partition coefficient (Wildman–Crippen LogP) is 2.17. The van der Waals surface area contributed by atoms with E-state index >= 15 is 0 Å². The maximum absolute atomic E-state index is 13.1. The molecule has 2 N–H and O–H groups in total. The molecule has 6 nitrogen and oxygen atoms in total. The van der Waals surface area contributed by atoms with Crippen molar-refractivity contribution in [2.24, 2.45) is 0 Å². The lowest BCUT2D eigenvalue weighted by Crippen LogP contribution is -2.38. The fourth-order valence-corrected chi connectivity index (χ4v) is 2.75. The summed E-state index contributed by atoms with van der Waals surface area (Å²) >= 11 is 0. The summed E-state index contributed by atoms with van der Waals surface area (Å²) in [6.07, 6.45) is 0. The largest absolute Gasteiger partial charge is 0.353 e. The highest BCUT2D eigenvalue weighted by Crippen LogP contribution is 2.14. The van der Waals surface area contributed by atoms with E-state index < -0.39 is 17.5 Å². The van der Waals surface area contributed by atoms with Gasteiger partial charge in [0.05, 0.1) is 17.6 Å². The summed E-state index contributed by atoms with van der Waals surface area (Å²) in [5.41, 5.74) is 1.82. The minimum absolute atomic E-state index is 0.0535. The first-order valence-electron chi connectivity index (χ1n) is 8.37. The number of rotatable bonds is 6. The molecule has 3 aromatic rings. The fourth-order valence-electron chi connectivity index (χ4n) is 2.75. The van der Waals surface area contributed by atoms with Gasteiger partial charge in [-0.25, -0.2) is 13.8 Å². The number of fused-ring (bicyclic) bond motifs is 1. The molecule has 0 saturated carbocycles. The van der Waals surface area contributed by atoms with Crippen molar-refractivity contribution in [1.29, 1.82) is 0 Å². The molecule has 0 spiro atoms. The van der Waals surface area contributed by atoms with Gasteiger partial charge in [0.25, 0.3) is 5.91 Å². The number of hydrogen-bond acceptors (Lipinski definition) is 3. The molecular weight excluding hydrogens is 354 g/mol. The average Bonchev–Trinajstić information content (AvgIpc) is 2.97. The Bertz CT molecular complexity index is 1000. The third-order valence-corrected chi connectivity index (χ3v) is 4.09. The molecule has 0 radical (unpaired) electrons. The van der Waals surface area contributed by atoms with Crippen LogP contribution >= 0.6 is 0 Å². The van der Waals surface area contributed by atoms with E-state index in [0.717, 1.165) is 35.1 Å². The lowest BCUT2D eigenvalue weighted by Gasteiger charge is -2.09. The van der Waals surface area contributed by atoms with Gasteiger partial charge in [-0.2, -0.15) is 0 Å². The van der Waals surface area contributed by atoms with Crippen molar-refractivity contribution in [2.45, 2.75) is 13.5 Å². The van der Waals surface area contributed by atoms with Crippen molar-refractivity contribution >= 4 is 22.8 Å². The van der Waals surface area contributed by atoms with Gasteiger partial charge in [-0.1, -0.05) is 12.1 Å². The number of aromatic nitrogens is 2. The van der Waals surface area contributed by atoms with Gasteiger partial charge in [-0.3, -0.25) is 9.59 Å². The Morgan fingerprint density at radius 1 is 1.07 bits per heavy atom. The highest BCUT2D eigenvalue weighted by molar-refractivity contribution is 5.96. The number of imidazole rings is 1. The highest BCUT2D eigenvalue weighted by Gasteiger charge is 2.11. The van der Waals surface area contributed by atoms with E-state index in [1.807, 2.05) is 35.8 Å². The van der Waals surface area contributed by atoms with Gasteiger partial charge in [0, 0.05) is 18.7 Å². The molecule has 1 aromatic heterocycles. The van der Waals surface area contributed by atoms with Gasteiger partial charge in [0.15, 0.2) is 11.6 Å². The minimum Gasteiger partial charge on any atom is -0.353 e. The van der Waals surface area contributed by atoms with Crippen LogP contribution in [-0.2, 0) is 11.3 Å². The molecule has 0 saturated heterocycles. The molecule has 0 aliphatic rings. The van der Waals surface area contributed by atoms with Crippen LogP contribution < -0.4 is 10.6 Å². The molecule has 1 heterocycles. The number of benzene rings is 2. The number of amides is 2. The normalized spacial score (nSPS) is 10.8. The first kappa shape index (κ1) is 18.5. The van der Waals surface area contributed by atoms with E-state index in [1.165, 1.54) is 0 Å². The Kier molecular flexibility index (Phi) is 5.44. The van der Waals surface area contributed by atoms with Crippen LogP contribution in [0.25, 0.3) is 11.0 Å². The molecule has 2 amide bonds. The summed E-state index contributed by atoms with van der Waals surface area (Å²) in [4.78, 5) is 28.2. The van der Waals surface area contributed by atoms with Gasteiger partial charge in [-0.15, -0.1) is 0 Å². The second kappa shape index (κ2) is 7.94. The topological polar surface area (TPSA) is 76.0 Å². The average molecular weight is 372 g/mol. The Hall–Kier alpha value is -3.29. The smallest absolute Gasteiger partial charge is 0.251 e. The molecule has 0 aliphatic carbocycles. The zero-order valence-electron chi connectivity index (χ0n) is 14.6. The van der Waals surface area contributed by atoms with Gasteiger partial charge in [0.2, 0.25) is 5.91 Å². The summed E-state index contributed by atoms with van der Waals surface area (Å²) in [5, 5.41) is 5.07. The second-order valence-electron chi connectivity index (χ2n) is 5.96. The van der Waals surface area contributed by atoms with Crippen LogP contribution in [0.1, 0.15) is 16.2 Å². The Morgan fingerprint density at radius 3 is 2.63 bits per heavy atom. The molecule has 0 aliphatic heterocycles. The quantitative estimate of drug-likeness (QED) is 0.696. The van der Waals surface area contributed by atoms with Crippen LogP contribution in [0.4, 0.5) is 8.78 Å². The summed E-state index contributed by atoms with van der Waals surface area (Å²) in [6, 6.07) is 10.5. The van der Waals surface area contributed by atoms with Crippen molar-refractivity contribution < 1.29 is 18.4 Å². The van der Waals surface area contributed by atoms with Crippen molar-refractivity contribution in [2.75, 3.05) is 13.1 Å². The van der Waals surface area contributed by atoms with Gasteiger partial charge >= 0.3 is 0 Å². The summed E-state index contributed by atoms with van der Waals surface area (Å²) in [6.45, 7) is 2.53. The minimum atomic E-state index is -1.12. The molecule has 0 unspecified atom stereocenters. The summed E-state index contributed by atoms with van der Waals surface area (Å²) in [5.74, 6) is -2.34. The molecule has 3 rings (SSSR count). The predicted molar refractivity (Wildman–Crippen MR) is 96.2 cm³/mol. The third-order valence-electron chi connectivity index (χ3n) is 4.09. The maximum Gasteiger partial charge on any atom is 0.251 e. The van der Waals surface area contributed by atoms with E-state index in [4.69, 9.17) is 0 Å². The van der Waals surface area contributed by atoms with Gasteiger partial charge in [0.1, 0.15) is 5.82 Å². The van der Waals surface area contributed by atoms with Crippen LogP contribution in [0.3, 0.4) is 0 Å². The number of nitrogens with one attached hydrogen (secondary N) is 2. The molecule has 0 fully saturated rings. The second-order valence-corrected chi connectivity index (χ2v) is 5.96. The highest BCUT2D eigenvalue weighted by atomic mass is 19.2. The Morgan fingerprint density at radius 2 is 1.85 bits per heavy atom. The molecule has 0 atom stereocenters. The standard InChI is InChI=1S/C19H18F2N4O2/c1-12-24-16-4-2-3-5-17(16)25(12)9-8-22-18(26)11-23-19(27)13-6-7-14(20)15(21)10-13/h2-7,10H,8-9,11H2,1H3,(H,22,26)(H,23,27). The molecule has 0 bridgehead atoms.